The summed E-state index contributed by atoms with van der Waals surface area (Å²) in [6, 6.07) is 9.85. The van der Waals surface area contributed by atoms with Crippen LogP contribution in [-0.4, -0.2) is 6.04 Å². The second kappa shape index (κ2) is 7.25. The minimum absolute atomic E-state index is 0.139. The van der Waals surface area contributed by atoms with Crippen molar-refractivity contribution in [2.24, 2.45) is 5.73 Å². The van der Waals surface area contributed by atoms with Crippen LogP contribution in [0.4, 0.5) is 4.39 Å². The molecule has 2 nitrogen and oxygen atoms in total. The van der Waals surface area contributed by atoms with Crippen molar-refractivity contribution in [2.45, 2.75) is 25.8 Å². The van der Waals surface area contributed by atoms with Gasteiger partial charge in [-0.15, -0.1) is 0 Å². The van der Waals surface area contributed by atoms with E-state index in [9.17, 15) is 4.39 Å². The standard InChI is InChI=1S/C16H16BrClFNO/c1-2-12(20)7-10-3-5-13(9-14(10)17)21-16-6-4-11(19)8-15(16)18/h3-6,8-9,12H,2,7,20H2,1H3. The predicted octanol–water partition coefficient (Wildman–Crippen LogP) is 5.31. The Labute approximate surface area is 137 Å². The zero-order chi connectivity index (χ0) is 15.4. The first kappa shape index (κ1) is 16.3. The van der Waals surface area contributed by atoms with Gasteiger partial charge in [-0.3, -0.25) is 0 Å². The minimum Gasteiger partial charge on any atom is -0.456 e. The molecule has 0 aliphatic rings. The van der Waals surface area contributed by atoms with E-state index in [-0.39, 0.29) is 11.1 Å². The molecule has 1 atom stereocenters. The molecule has 2 aromatic carbocycles. The molecule has 0 saturated carbocycles. The number of ether oxygens (including phenoxy) is 1. The first-order valence-electron chi connectivity index (χ1n) is 6.66. The molecule has 0 bridgehead atoms. The zero-order valence-electron chi connectivity index (χ0n) is 11.6. The second-order valence-electron chi connectivity index (χ2n) is 4.80. The fraction of sp³-hybridized carbons (Fsp3) is 0.250. The topological polar surface area (TPSA) is 35.2 Å². The molecular formula is C16H16BrClFNO. The lowest BCUT2D eigenvalue weighted by molar-refractivity contribution is 0.480. The summed E-state index contributed by atoms with van der Waals surface area (Å²) in [7, 11) is 0. The molecule has 0 aliphatic heterocycles. The van der Waals surface area contributed by atoms with Crippen LogP contribution in [0.1, 0.15) is 18.9 Å². The molecule has 5 heteroatoms. The van der Waals surface area contributed by atoms with E-state index in [1.165, 1.54) is 18.2 Å². The fourth-order valence-electron chi connectivity index (χ4n) is 1.87. The van der Waals surface area contributed by atoms with Crippen molar-refractivity contribution >= 4 is 27.5 Å². The SMILES string of the molecule is CCC(N)Cc1ccc(Oc2ccc(F)cc2Cl)cc1Br. The lowest BCUT2D eigenvalue weighted by atomic mass is 10.0. The largest absolute Gasteiger partial charge is 0.456 e. The molecule has 0 heterocycles. The Balaban J connectivity index is 2.16. The van der Waals surface area contributed by atoms with Gasteiger partial charge < -0.3 is 10.5 Å². The van der Waals surface area contributed by atoms with E-state index in [0.717, 1.165) is 22.9 Å². The number of nitrogens with two attached hydrogens (primary N) is 1. The summed E-state index contributed by atoms with van der Waals surface area (Å²) in [6.07, 6.45) is 1.73. The van der Waals surface area contributed by atoms with Gasteiger partial charge >= 0.3 is 0 Å². The van der Waals surface area contributed by atoms with Gasteiger partial charge in [0.15, 0.2) is 0 Å². The third kappa shape index (κ3) is 4.43. The van der Waals surface area contributed by atoms with Gasteiger partial charge in [0.05, 0.1) is 5.02 Å². The third-order valence-electron chi connectivity index (χ3n) is 3.15. The van der Waals surface area contributed by atoms with Crippen LogP contribution in [0, 0.1) is 5.82 Å². The van der Waals surface area contributed by atoms with Crippen LogP contribution in [-0.2, 0) is 6.42 Å². The van der Waals surface area contributed by atoms with Crippen LogP contribution in [0.2, 0.25) is 5.02 Å². The summed E-state index contributed by atoms with van der Waals surface area (Å²) < 4.78 is 19.6. The Bertz CT molecular complexity index is 636. The molecule has 2 aromatic rings. The maximum atomic E-state index is 13.0. The van der Waals surface area contributed by atoms with Crippen molar-refractivity contribution in [1.29, 1.82) is 0 Å². The van der Waals surface area contributed by atoms with Crippen molar-refractivity contribution in [3.63, 3.8) is 0 Å². The Morgan fingerprint density at radius 3 is 2.67 bits per heavy atom. The lowest BCUT2D eigenvalue weighted by Crippen LogP contribution is -2.21. The van der Waals surface area contributed by atoms with Crippen LogP contribution < -0.4 is 10.5 Å². The molecule has 21 heavy (non-hydrogen) atoms. The number of rotatable bonds is 5. The van der Waals surface area contributed by atoms with Crippen molar-refractivity contribution in [2.75, 3.05) is 0 Å². The first-order chi connectivity index (χ1) is 9.99. The molecule has 0 saturated heterocycles. The van der Waals surface area contributed by atoms with Gasteiger partial charge in [-0.2, -0.15) is 0 Å². The van der Waals surface area contributed by atoms with E-state index in [1.54, 1.807) is 0 Å². The average molecular weight is 373 g/mol. The van der Waals surface area contributed by atoms with Gasteiger partial charge in [0.2, 0.25) is 0 Å². The van der Waals surface area contributed by atoms with Crippen LogP contribution in [0.5, 0.6) is 11.5 Å². The average Bonchev–Trinajstić information content (AvgIpc) is 2.44. The molecule has 112 valence electrons. The van der Waals surface area contributed by atoms with E-state index >= 15 is 0 Å². The van der Waals surface area contributed by atoms with Crippen LogP contribution in [0.15, 0.2) is 40.9 Å². The monoisotopic (exact) mass is 371 g/mol. The highest BCUT2D eigenvalue weighted by Gasteiger charge is 2.09. The van der Waals surface area contributed by atoms with E-state index < -0.39 is 5.82 Å². The van der Waals surface area contributed by atoms with Gasteiger partial charge in [0, 0.05) is 10.5 Å². The predicted molar refractivity (Wildman–Crippen MR) is 87.6 cm³/mol. The Morgan fingerprint density at radius 1 is 1.29 bits per heavy atom. The van der Waals surface area contributed by atoms with Gasteiger partial charge in [0.1, 0.15) is 17.3 Å². The Morgan fingerprint density at radius 2 is 2.05 bits per heavy atom. The van der Waals surface area contributed by atoms with Gasteiger partial charge in [-0.25, -0.2) is 4.39 Å². The summed E-state index contributed by atoms with van der Waals surface area (Å²) >= 11 is 9.46. The quantitative estimate of drug-likeness (QED) is 0.771. The molecule has 0 fully saturated rings. The molecule has 0 amide bonds. The molecule has 0 aromatic heterocycles. The summed E-state index contributed by atoms with van der Waals surface area (Å²) in [5.41, 5.74) is 7.09. The van der Waals surface area contributed by atoms with E-state index in [4.69, 9.17) is 22.1 Å². The number of benzene rings is 2. The summed E-state index contributed by atoms with van der Waals surface area (Å²) in [5.74, 6) is 0.657. The smallest absolute Gasteiger partial charge is 0.146 e. The van der Waals surface area contributed by atoms with Gasteiger partial charge in [0.25, 0.3) is 0 Å². The molecule has 2 rings (SSSR count). The minimum atomic E-state index is -0.391. The Hall–Kier alpha value is -1.10. The third-order valence-corrected chi connectivity index (χ3v) is 4.19. The van der Waals surface area contributed by atoms with Crippen LogP contribution in [0.25, 0.3) is 0 Å². The van der Waals surface area contributed by atoms with E-state index in [1.807, 2.05) is 18.2 Å². The molecule has 0 aliphatic carbocycles. The van der Waals surface area contributed by atoms with Gasteiger partial charge in [-0.05, 0) is 48.7 Å². The summed E-state index contributed by atoms with van der Waals surface area (Å²) in [4.78, 5) is 0. The maximum absolute atomic E-state index is 13.0. The highest BCUT2D eigenvalue weighted by Crippen LogP contribution is 2.32. The molecule has 0 spiro atoms. The second-order valence-corrected chi connectivity index (χ2v) is 6.06. The first-order valence-corrected chi connectivity index (χ1v) is 7.83. The van der Waals surface area contributed by atoms with Gasteiger partial charge in [-0.1, -0.05) is 40.5 Å². The van der Waals surface area contributed by atoms with Crippen molar-refractivity contribution in [3.8, 4) is 11.5 Å². The number of hydrogen-bond donors (Lipinski definition) is 1. The normalized spacial score (nSPS) is 12.2. The Kier molecular flexibility index (Phi) is 5.62. The molecular weight excluding hydrogens is 357 g/mol. The zero-order valence-corrected chi connectivity index (χ0v) is 13.9. The van der Waals surface area contributed by atoms with Crippen molar-refractivity contribution < 1.29 is 9.13 Å². The lowest BCUT2D eigenvalue weighted by Gasteiger charge is -2.13. The highest BCUT2D eigenvalue weighted by molar-refractivity contribution is 9.10. The molecule has 2 N–H and O–H groups in total. The fourth-order valence-corrected chi connectivity index (χ4v) is 2.59. The van der Waals surface area contributed by atoms with E-state index in [2.05, 4.69) is 22.9 Å². The van der Waals surface area contributed by atoms with Crippen LogP contribution >= 0.6 is 27.5 Å². The number of halogens is 3. The van der Waals surface area contributed by atoms with Crippen LogP contribution in [0.3, 0.4) is 0 Å². The summed E-state index contributed by atoms with van der Waals surface area (Å²) in [6.45, 7) is 2.06. The molecule has 0 radical (unpaired) electrons. The van der Waals surface area contributed by atoms with Crippen molar-refractivity contribution in [1.82, 2.24) is 0 Å². The number of hydrogen-bond acceptors (Lipinski definition) is 2. The van der Waals surface area contributed by atoms with E-state index in [0.29, 0.717) is 11.5 Å². The molecule has 1 unspecified atom stereocenters. The van der Waals surface area contributed by atoms with Crippen molar-refractivity contribution in [3.05, 3.63) is 57.3 Å². The summed E-state index contributed by atoms with van der Waals surface area (Å²) in [5, 5.41) is 0.239. The highest BCUT2D eigenvalue weighted by atomic mass is 79.9. The maximum Gasteiger partial charge on any atom is 0.146 e.